The predicted molar refractivity (Wildman–Crippen MR) is 56.5 cm³/mol. The number of halogens is 1. The third-order valence-electron chi connectivity index (χ3n) is 2.00. The van der Waals surface area contributed by atoms with E-state index in [2.05, 4.69) is 37.5 Å². The van der Waals surface area contributed by atoms with Gasteiger partial charge in [0.1, 0.15) is 18.0 Å². The van der Waals surface area contributed by atoms with Crippen molar-refractivity contribution in [2.24, 2.45) is 0 Å². The van der Waals surface area contributed by atoms with Gasteiger partial charge in [-0.3, -0.25) is 0 Å². The molecular weight excluding hydrogens is 267 g/mol. The molecular formula is C7H9IN4. The quantitative estimate of drug-likeness (QED) is 0.567. The number of hydrogen-bond acceptors (Lipinski definition) is 4. The molecule has 4 nitrogen and oxygen atoms in total. The first-order valence-corrected chi connectivity index (χ1v) is 4.90. The highest BCUT2D eigenvalue weighted by molar-refractivity contribution is 14.1. The van der Waals surface area contributed by atoms with Crippen molar-refractivity contribution < 1.29 is 0 Å². The Balaban J connectivity index is 2.59. The van der Waals surface area contributed by atoms with Gasteiger partial charge in [0.05, 0.1) is 9.49 Å². The lowest BCUT2D eigenvalue weighted by atomic mass is 10.2. The normalized spacial score (nSPS) is 21.2. The second-order valence-corrected chi connectivity index (χ2v) is 4.35. The smallest absolute Gasteiger partial charge is 0.138 e. The summed E-state index contributed by atoms with van der Waals surface area (Å²) in [6, 6.07) is 0. The molecule has 2 heterocycles. The Kier molecular flexibility index (Phi) is 1.82. The first-order chi connectivity index (χ1) is 5.70. The Labute approximate surface area is 84.3 Å². The molecule has 2 rings (SSSR count). The highest BCUT2D eigenvalue weighted by Gasteiger charge is 2.27. The van der Waals surface area contributed by atoms with Crippen molar-refractivity contribution in [1.29, 1.82) is 0 Å². The van der Waals surface area contributed by atoms with Crippen LogP contribution >= 0.6 is 22.6 Å². The van der Waals surface area contributed by atoms with Crippen LogP contribution in [0, 0.1) is 0 Å². The lowest BCUT2D eigenvalue weighted by Gasteiger charge is -2.09. The third-order valence-corrected chi connectivity index (χ3v) is 3.02. The molecule has 0 fully saturated rings. The van der Waals surface area contributed by atoms with Crippen LogP contribution in [0.15, 0.2) is 6.33 Å². The lowest BCUT2D eigenvalue weighted by molar-refractivity contribution is 0.949. The average Bonchev–Trinajstić information content (AvgIpc) is 2.29. The van der Waals surface area contributed by atoms with Gasteiger partial charge in [-0.05, 0) is 0 Å². The number of anilines is 2. The summed E-state index contributed by atoms with van der Waals surface area (Å²) in [6.07, 6.45) is 1.51. The first kappa shape index (κ1) is 8.03. The first-order valence-electron chi connectivity index (χ1n) is 3.65. The largest absolute Gasteiger partial charge is 0.383 e. The van der Waals surface area contributed by atoms with E-state index in [0.29, 0.717) is 9.74 Å². The maximum Gasteiger partial charge on any atom is 0.138 e. The summed E-state index contributed by atoms with van der Waals surface area (Å²) < 4.78 is 0.420. The fourth-order valence-electron chi connectivity index (χ4n) is 1.42. The van der Waals surface area contributed by atoms with Gasteiger partial charge >= 0.3 is 0 Å². The van der Waals surface area contributed by atoms with Crippen molar-refractivity contribution in [2.45, 2.75) is 3.92 Å². The van der Waals surface area contributed by atoms with E-state index in [9.17, 15) is 0 Å². The van der Waals surface area contributed by atoms with E-state index in [1.54, 1.807) is 0 Å². The Bertz CT molecular complexity index is 314. The summed E-state index contributed by atoms with van der Waals surface area (Å²) in [5, 5.41) is 0. The van der Waals surface area contributed by atoms with Crippen LogP contribution in [0.25, 0.3) is 0 Å². The van der Waals surface area contributed by atoms with Crippen molar-refractivity contribution in [3.05, 3.63) is 11.9 Å². The molecule has 1 aliphatic rings. The fourth-order valence-corrected chi connectivity index (χ4v) is 2.61. The zero-order valence-corrected chi connectivity index (χ0v) is 8.82. The summed E-state index contributed by atoms with van der Waals surface area (Å²) in [4.78, 5) is 10.3. The molecule has 1 aromatic rings. The second-order valence-electron chi connectivity index (χ2n) is 2.84. The van der Waals surface area contributed by atoms with Gasteiger partial charge in [0.15, 0.2) is 0 Å². The van der Waals surface area contributed by atoms with E-state index >= 15 is 0 Å². The van der Waals surface area contributed by atoms with Crippen LogP contribution in [0.5, 0.6) is 0 Å². The van der Waals surface area contributed by atoms with Gasteiger partial charge in [-0.1, -0.05) is 22.6 Å². The number of hydrogen-bond donors (Lipinski definition) is 1. The molecule has 64 valence electrons. The minimum atomic E-state index is 0.420. The number of nitrogen functional groups attached to an aromatic ring is 1. The third kappa shape index (κ3) is 1.03. The maximum atomic E-state index is 5.74. The molecule has 12 heavy (non-hydrogen) atoms. The monoisotopic (exact) mass is 276 g/mol. The molecule has 0 bridgehead atoms. The van der Waals surface area contributed by atoms with Crippen molar-refractivity contribution in [3.63, 3.8) is 0 Å². The lowest BCUT2D eigenvalue weighted by Crippen LogP contribution is -2.14. The van der Waals surface area contributed by atoms with Gasteiger partial charge in [0.2, 0.25) is 0 Å². The highest BCUT2D eigenvalue weighted by Crippen LogP contribution is 2.39. The molecule has 0 aliphatic carbocycles. The molecule has 1 unspecified atom stereocenters. The van der Waals surface area contributed by atoms with E-state index in [1.807, 2.05) is 7.05 Å². The maximum absolute atomic E-state index is 5.74. The van der Waals surface area contributed by atoms with Crippen molar-refractivity contribution in [3.8, 4) is 0 Å². The van der Waals surface area contributed by atoms with E-state index in [-0.39, 0.29) is 0 Å². The Morgan fingerprint density at radius 3 is 3.08 bits per heavy atom. The van der Waals surface area contributed by atoms with Crippen LogP contribution < -0.4 is 10.6 Å². The minimum Gasteiger partial charge on any atom is -0.383 e. The Morgan fingerprint density at radius 1 is 1.67 bits per heavy atom. The van der Waals surface area contributed by atoms with Gasteiger partial charge in [-0.25, -0.2) is 9.97 Å². The predicted octanol–water partition coefficient (Wildman–Crippen LogP) is 0.985. The van der Waals surface area contributed by atoms with E-state index in [0.717, 1.165) is 17.9 Å². The van der Waals surface area contributed by atoms with Crippen molar-refractivity contribution in [1.82, 2.24) is 9.97 Å². The molecule has 0 amide bonds. The molecule has 0 saturated carbocycles. The van der Waals surface area contributed by atoms with Crippen LogP contribution in [0.1, 0.15) is 9.49 Å². The number of alkyl halides is 1. The molecule has 0 spiro atoms. The number of likely N-dealkylation sites (N-methyl/N-ethyl adjacent to an activating group) is 1. The van der Waals surface area contributed by atoms with Crippen LogP contribution in [0.3, 0.4) is 0 Å². The van der Waals surface area contributed by atoms with Gasteiger partial charge in [-0.2, -0.15) is 0 Å². The topological polar surface area (TPSA) is 55.0 Å². The number of aromatic nitrogens is 2. The number of nitrogens with two attached hydrogens (primary N) is 1. The van der Waals surface area contributed by atoms with E-state index in [4.69, 9.17) is 5.73 Å². The van der Waals surface area contributed by atoms with E-state index < -0.39 is 0 Å². The molecule has 1 aromatic heterocycles. The van der Waals surface area contributed by atoms with Crippen molar-refractivity contribution in [2.75, 3.05) is 24.2 Å². The average molecular weight is 276 g/mol. The molecule has 2 N–H and O–H groups in total. The van der Waals surface area contributed by atoms with Crippen LogP contribution in [-0.4, -0.2) is 23.6 Å². The summed E-state index contributed by atoms with van der Waals surface area (Å²) in [5.41, 5.74) is 6.83. The van der Waals surface area contributed by atoms with Gasteiger partial charge < -0.3 is 10.6 Å². The molecule has 0 aromatic carbocycles. The minimum absolute atomic E-state index is 0.420. The number of rotatable bonds is 0. The summed E-state index contributed by atoms with van der Waals surface area (Å²) in [5.74, 6) is 1.59. The van der Waals surface area contributed by atoms with E-state index in [1.165, 1.54) is 6.33 Å². The van der Waals surface area contributed by atoms with Crippen molar-refractivity contribution >= 4 is 34.2 Å². The fraction of sp³-hybridized carbons (Fsp3) is 0.429. The summed E-state index contributed by atoms with van der Waals surface area (Å²) >= 11 is 2.36. The zero-order valence-electron chi connectivity index (χ0n) is 6.66. The SMILES string of the molecule is CN1CC(I)c2c(N)ncnc21. The number of nitrogens with zero attached hydrogens (tertiary/aromatic N) is 3. The second kappa shape index (κ2) is 2.72. The Morgan fingerprint density at radius 2 is 2.42 bits per heavy atom. The van der Waals surface area contributed by atoms with Gasteiger partial charge in [0.25, 0.3) is 0 Å². The zero-order chi connectivity index (χ0) is 8.72. The molecule has 0 radical (unpaired) electrons. The molecule has 1 aliphatic heterocycles. The summed E-state index contributed by atoms with van der Waals surface area (Å²) in [7, 11) is 2.02. The number of fused-ring (bicyclic) bond motifs is 1. The van der Waals surface area contributed by atoms with Gasteiger partial charge in [0, 0.05) is 13.6 Å². The van der Waals surface area contributed by atoms with Gasteiger partial charge in [-0.15, -0.1) is 0 Å². The van der Waals surface area contributed by atoms with Crippen LogP contribution in [0.4, 0.5) is 11.6 Å². The summed E-state index contributed by atoms with van der Waals surface area (Å²) in [6.45, 7) is 0.971. The van der Waals surface area contributed by atoms with Crippen LogP contribution in [0.2, 0.25) is 0 Å². The standard InChI is InChI=1S/C7H9IN4/c1-12-2-4(8)5-6(9)10-3-11-7(5)12/h3-4H,2H2,1H3,(H2,9,10,11). The molecule has 0 saturated heterocycles. The molecule has 1 atom stereocenters. The Hall–Kier alpha value is -0.590. The van der Waals surface area contributed by atoms with Crippen LogP contribution in [-0.2, 0) is 0 Å². The highest BCUT2D eigenvalue weighted by atomic mass is 127. The molecule has 5 heteroatoms.